The Morgan fingerprint density at radius 2 is 1.74 bits per heavy atom. The van der Waals surface area contributed by atoms with Gasteiger partial charge in [0.05, 0.1) is 17.7 Å². The van der Waals surface area contributed by atoms with E-state index in [0.717, 1.165) is 50.6 Å². The summed E-state index contributed by atoms with van der Waals surface area (Å²) >= 11 is 6.61. The van der Waals surface area contributed by atoms with E-state index in [1.807, 2.05) is 44.3 Å². The molecule has 0 radical (unpaired) electrons. The van der Waals surface area contributed by atoms with Gasteiger partial charge < -0.3 is 31.2 Å². The number of carbonyl (C=O) groups is 2. The molecular weight excluding hydrogens is 626 g/mol. The summed E-state index contributed by atoms with van der Waals surface area (Å²) in [6, 6.07) is 13.6. The van der Waals surface area contributed by atoms with Crippen molar-refractivity contribution < 1.29 is 27.8 Å². The molecule has 0 bridgehead atoms. The normalized spacial score (nSPS) is 22.0. The number of nitrogens with one attached hydrogen (secondary N) is 3. The van der Waals surface area contributed by atoms with Gasteiger partial charge in [0, 0.05) is 53.7 Å². The minimum absolute atomic E-state index is 0.00894. The van der Waals surface area contributed by atoms with Gasteiger partial charge in [0.15, 0.2) is 17.2 Å². The Hall–Kier alpha value is -3.73. The molecule has 5 rings (SSSR count). The average molecular weight is 669 g/mol. The SMILES string of the molecule is CNCCCCNC(=O)C1CCC(NC[C@]2(c3ccccc3)Oc3cc(F)c(Cl)c(-c4c(C(N)=O)ccc(OC)c4F)c3[C@@H]2C)CC1. The fourth-order valence-electron chi connectivity index (χ4n) is 7.02. The number of carbonyl (C=O) groups excluding carboxylic acids is 2. The van der Waals surface area contributed by atoms with Gasteiger partial charge in [0.1, 0.15) is 11.6 Å². The molecule has 0 spiro atoms. The second kappa shape index (κ2) is 15.0. The first-order valence-corrected chi connectivity index (χ1v) is 16.6. The Bertz CT molecular complexity index is 1600. The molecule has 3 aromatic rings. The molecule has 1 heterocycles. The van der Waals surface area contributed by atoms with Crippen LogP contribution < -0.4 is 31.2 Å². The summed E-state index contributed by atoms with van der Waals surface area (Å²) in [4.78, 5) is 25.3. The predicted molar refractivity (Wildman–Crippen MR) is 179 cm³/mol. The Morgan fingerprint density at radius 1 is 1.04 bits per heavy atom. The molecule has 252 valence electrons. The zero-order chi connectivity index (χ0) is 33.7. The van der Waals surface area contributed by atoms with Gasteiger partial charge in [-0.1, -0.05) is 48.9 Å². The summed E-state index contributed by atoms with van der Waals surface area (Å²) in [5.74, 6) is -2.90. The summed E-state index contributed by atoms with van der Waals surface area (Å²) in [5, 5.41) is 9.54. The van der Waals surface area contributed by atoms with Crippen LogP contribution in [0.25, 0.3) is 11.1 Å². The van der Waals surface area contributed by atoms with E-state index in [4.69, 9.17) is 26.8 Å². The van der Waals surface area contributed by atoms with E-state index in [0.29, 0.717) is 18.7 Å². The fraction of sp³-hybridized carbons (Fsp3) is 0.444. The number of benzene rings is 3. The molecule has 3 aromatic carbocycles. The van der Waals surface area contributed by atoms with Gasteiger partial charge in [-0.3, -0.25) is 9.59 Å². The Balaban J connectivity index is 1.43. The smallest absolute Gasteiger partial charge is 0.249 e. The van der Waals surface area contributed by atoms with E-state index < -0.39 is 29.1 Å². The molecule has 2 atom stereocenters. The molecule has 1 aliphatic carbocycles. The molecule has 0 aromatic heterocycles. The lowest BCUT2D eigenvalue weighted by molar-refractivity contribution is -0.126. The Labute approximate surface area is 279 Å². The van der Waals surface area contributed by atoms with Crippen LogP contribution >= 0.6 is 11.6 Å². The molecule has 1 aliphatic heterocycles. The molecule has 11 heteroatoms. The molecule has 47 heavy (non-hydrogen) atoms. The number of hydrogen-bond donors (Lipinski definition) is 4. The first kappa shape index (κ1) is 34.6. The molecular formula is C36H43ClF2N4O4. The summed E-state index contributed by atoms with van der Waals surface area (Å²) in [6.07, 6.45) is 5.12. The van der Waals surface area contributed by atoms with Gasteiger partial charge in [-0.05, 0) is 69.8 Å². The lowest BCUT2D eigenvalue weighted by Gasteiger charge is -2.37. The quantitative estimate of drug-likeness (QED) is 0.165. The molecule has 8 nitrogen and oxygen atoms in total. The van der Waals surface area contributed by atoms with Gasteiger partial charge in [0.2, 0.25) is 11.8 Å². The van der Waals surface area contributed by atoms with Gasteiger partial charge in [-0.25, -0.2) is 8.78 Å². The minimum Gasteiger partial charge on any atom is -0.494 e. The fourth-order valence-corrected chi connectivity index (χ4v) is 7.27. The van der Waals surface area contributed by atoms with E-state index in [-0.39, 0.29) is 51.1 Å². The van der Waals surface area contributed by atoms with Crippen molar-refractivity contribution in [3.05, 3.63) is 81.9 Å². The summed E-state index contributed by atoms with van der Waals surface area (Å²) in [5.41, 5.74) is 5.57. The maximum absolute atomic E-state index is 16.0. The van der Waals surface area contributed by atoms with Crippen molar-refractivity contribution >= 4 is 23.4 Å². The van der Waals surface area contributed by atoms with E-state index >= 15 is 8.78 Å². The second-order valence-electron chi connectivity index (χ2n) is 12.4. The topological polar surface area (TPSA) is 115 Å². The van der Waals surface area contributed by atoms with Crippen molar-refractivity contribution in [2.75, 3.05) is 33.8 Å². The number of primary amides is 1. The summed E-state index contributed by atoms with van der Waals surface area (Å²) < 4.78 is 43.4. The van der Waals surface area contributed by atoms with Crippen LogP contribution in [-0.4, -0.2) is 51.6 Å². The van der Waals surface area contributed by atoms with Gasteiger partial charge in [-0.2, -0.15) is 0 Å². The summed E-state index contributed by atoms with van der Waals surface area (Å²) in [6.45, 7) is 3.89. The molecule has 1 saturated carbocycles. The van der Waals surface area contributed by atoms with Crippen LogP contribution in [0, 0.1) is 17.6 Å². The highest BCUT2D eigenvalue weighted by Crippen LogP contribution is 2.56. The number of unbranched alkanes of at least 4 members (excludes halogenated alkanes) is 1. The van der Waals surface area contributed by atoms with E-state index in [1.54, 1.807) is 0 Å². The van der Waals surface area contributed by atoms with Crippen LogP contribution in [0.1, 0.15) is 72.9 Å². The zero-order valence-corrected chi connectivity index (χ0v) is 27.8. The van der Waals surface area contributed by atoms with Crippen LogP contribution in [-0.2, 0) is 10.4 Å². The van der Waals surface area contributed by atoms with Gasteiger partial charge in [0.25, 0.3) is 0 Å². The second-order valence-corrected chi connectivity index (χ2v) is 12.8. The highest BCUT2D eigenvalue weighted by molar-refractivity contribution is 6.34. The van der Waals surface area contributed by atoms with Crippen LogP contribution in [0.2, 0.25) is 5.02 Å². The highest BCUT2D eigenvalue weighted by Gasteiger charge is 2.50. The van der Waals surface area contributed by atoms with Crippen molar-refractivity contribution in [2.24, 2.45) is 11.7 Å². The van der Waals surface area contributed by atoms with Crippen LogP contribution in [0.3, 0.4) is 0 Å². The van der Waals surface area contributed by atoms with E-state index in [2.05, 4.69) is 16.0 Å². The first-order chi connectivity index (χ1) is 22.6. The van der Waals surface area contributed by atoms with Crippen LogP contribution in [0.4, 0.5) is 8.78 Å². The molecule has 0 saturated heterocycles. The molecule has 2 aliphatic rings. The number of amides is 2. The Kier molecular flexibility index (Phi) is 11.0. The maximum Gasteiger partial charge on any atom is 0.249 e. The third kappa shape index (κ3) is 6.96. The van der Waals surface area contributed by atoms with Crippen LogP contribution in [0.5, 0.6) is 11.5 Å². The monoisotopic (exact) mass is 668 g/mol. The standard InChI is InChI=1S/C36H43ClF2N4O4/c1-21-29-28(19-26(38)32(37)31(29)30-25(34(40)44)15-16-27(46-3)33(30)39)47-36(21,23-9-5-4-6-10-23)20-43-24-13-11-22(12-14-24)35(45)42-18-8-7-17-41-2/h4-6,9-10,15-16,19,21-22,24,41,43H,7-8,11-14,17-18,20H2,1-3H3,(H2,40,44)(H,42,45)/t21-,22?,24?,36-/m0/s1. The molecule has 0 unspecified atom stereocenters. The number of nitrogens with two attached hydrogens (primary N) is 1. The summed E-state index contributed by atoms with van der Waals surface area (Å²) in [7, 11) is 3.22. The van der Waals surface area contributed by atoms with Gasteiger partial charge >= 0.3 is 0 Å². The number of rotatable bonds is 13. The molecule has 2 amide bonds. The number of hydrogen-bond acceptors (Lipinski definition) is 6. The average Bonchev–Trinajstić information content (AvgIpc) is 3.36. The first-order valence-electron chi connectivity index (χ1n) is 16.2. The van der Waals surface area contributed by atoms with Gasteiger partial charge in [-0.15, -0.1) is 0 Å². The molecule has 5 N–H and O–H groups in total. The van der Waals surface area contributed by atoms with Crippen LogP contribution in [0.15, 0.2) is 48.5 Å². The lowest BCUT2D eigenvalue weighted by Crippen LogP contribution is -2.48. The van der Waals surface area contributed by atoms with Crippen molar-refractivity contribution in [3.63, 3.8) is 0 Å². The maximum atomic E-state index is 16.0. The van der Waals surface area contributed by atoms with Crippen molar-refractivity contribution in [1.29, 1.82) is 0 Å². The van der Waals surface area contributed by atoms with Crippen molar-refractivity contribution in [3.8, 4) is 22.6 Å². The lowest BCUT2D eigenvalue weighted by atomic mass is 9.77. The Morgan fingerprint density at radius 3 is 2.40 bits per heavy atom. The largest absolute Gasteiger partial charge is 0.494 e. The number of fused-ring (bicyclic) bond motifs is 1. The third-order valence-corrected chi connectivity index (χ3v) is 10.0. The van der Waals surface area contributed by atoms with E-state index in [1.165, 1.54) is 25.3 Å². The number of ether oxygens (including phenoxy) is 2. The minimum atomic E-state index is -1.03. The van der Waals surface area contributed by atoms with Crippen molar-refractivity contribution in [1.82, 2.24) is 16.0 Å². The highest BCUT2D eigenvalue weighted by atomic mass is 35.5. The predicted octanol–water partition coefficient (Wildman–Crippen LogP) is 6.05. The number of methoxy groups -OCH3 is 1. The van der Waals surface area contributed by atoms with Crippen molar-refractivity contribution in [2.45, 2.75) is 63.0 Å². The molecule has 1 fully saturated rings. The third-order valence-electron chi connectivity index (χ3n) is 9.65. The van der Waals surface area contributed by atoms with E-state index in [9.17, 15) is 9.59 Å². The number of halogens is 3. The zero-order valence-electron chi connectivity index (χ0n) is 27.1.